The summed E-state index contributed by atoms with van der Waals surface area (Å²) in [6.45, 7) is 4.16. The van der Waals surface area contributed by atoms with E-state index in [1.807, 2.05) is 13.0 Å². The molecular formula is C17H22O2. The van der Waals surface area contributed by atoms with Crippen LogP contribution in [0.3, 0.4) is 0 Å². The summed E-state index contributed by atoms with van der Waals surface area (Å²) in [4.78, 5) is 0. The molecule has 2 aliphatic rings. The number of phenolic OH excluding ortho intramolecular Hbond substituents is 1. The van der Waals surface area contributed by atoms with E-state index in [2.05, 4.69) is 19.1 Å². The Morgan fingerprint density at radius 2 is 2.05 bits per heavy atom. The van der Waals surface area contributed by atoms with Crippen molar-refractivity contribution in [2.24, 2.45) is 11.3 Å². The Labute approximate surface area is 114 Å². The Kier molecular flexibility index (Phi) is 2.94. The number of aliphatic hydroxyl groups excluding tert-OH is 1. The summed E-state index contributed by atoms with van der Waals surface area (Å²) in [5.41, 5.74) is 3.60. The fourth-order valence-corrected chi connectivity index (χ4v) is 3.71. The molecule has 0 radical (unpaired) electrons. The van der Waals surface area contributed by atoms with Crippen molar-refractivity contribution in [3.8, 4) is 5.75 Å². The van der Waals surface area contributed by atoms with Crippen LogP contribution in [0.2, 0.25) is 0 Å². The summed E-state index contributed by atoms with van der Waals surface area (Å²) in [5, 5.41) is 19.8. The molecule has 1 aromatic rings. The molecule has 1 unspecified atom stereocenters. The van der Waals surface area contributed by atoms with E-state index in [-0.39, 0.29) is 11.5 Å². The van der Waals surface area contributed by atoms with Gasteiger partial charge in [-0.05, 0) is 67.4 Å². The van der Waals surface area contributed by atoms with Gasteiger partial charge < -0.3 is 10.2 Å². The Morgan fingerprint density at radius 3 is 2.79 bits per heavy atom. The number of rotatable bonds is 1. The van der Waals surface area contributed by atoms with Crippen molar-refractivity contribution in [3.63, 3.8) is 0 Å². The highest BCUT2D eigenvalue weighted by Crippen LogP contribution is 2.53. The first-order valence-corrected chi connectivity index (χ1v) is 7.18. The van der Waals surface area contributed by atoms with Gasteiger partial charge in [0.15, 0.2) is 0 Å². The summed E-state index contributed by atoms with van der Waals surface area (Å²) < 4.78 is 0. The summed E-state index contributed by atoms with van der Waals surface area (Å²) >= 11 is 0. The average Bonchev–Trinajstić information content (AvgIpc) is 2.69. The number of aryl methyl sites for hydroxylation is 1. The van der Waals surface area contributed by atoms with Gasteiger partial charge in [0.05, 0.1) is 6.10 Å². The van der Waals surface area contributed by atoms with Gasteiger partial charge in [-0.1, -0.05) is 19.1 Å². The molecule has 0 bridgehead atoms. The van der Waals surface area contributed by atoms with Crippen LogP contribution in [0.15, 0.2) is 24.3 Å². The van der Waals surface area contributed by atoms with Crippen LogP contribution in [-0.4, -0.2) is 16.3 Å². The lowest BCUT2D eigenvalue weighted by Gasteiger charge is -2.38. The van der Waals surface area contributed by atoms with Crippen molar-refractivity contribution in [1.29, 1.82) is 0 Å². The van der Waals surface area contributed by atoms with Gasteiger partial charge in [-0.2, -0.15) is 0 Å². The fraction of sp³-hybridized carbons (Fsp3) is 0.529. The normalized spacial score (nSPS) is 33.9. The Hall–Kier alpha value is -1.28. The number of benzene rings is 1. The molecule has 102 valence electrons. The minimum atomic E-state index is -0.142. The molecule has 1 saturated carbocycles. The molecule has 0 heterocycles. The van der Waals surface area contributed by atoms with Crippen LogP contribution in [0.1, 0.15) is 43.7 Å². The van der Waals surface area contributed by atoms with Crippen LogP contribution in [0, 0.1) is 18.3 Å². The van der Waals surface area contributed by atoms with Crippen LogP contribution >= 0.6 is 0 Å². The van der Waals surface area contributed by atoms with E-state index in [0.29, 0.717) is 11.7 Å². The second kappa shape index (κ2) is 4.38. The van der Waals surface area contributed by atoms with Crippen molar-refractivity contribution in [1.82, 2.24) is 0 Å². The van der Waals surface area contributed by atoms with Crippen LogP contribution in [0.5, 0.6) is 5.75 Å². The largest absolute Gasteiger partial charge is 0.508 e. The minimum absolute atomic E-state index is 0.0788. The highest BCUT2D eigenvalue weighted by molar-refractivity contribution is 5.68. The predicted octanol–water partition coefficient (Wildman–Crippen LogP) is 3.66. The first-order chi connectivity index (χ1) is 9.00. The highest BCUT2D eigenvalue weighted by Gasteiger charge is 2.46. The van der Waals surface area contributed by atoms with Gasteiger partial charge in [-0.25, -0.2) is 0 Å². The lowest BCUT2D eigenvalue weighted by atomic mass is 9.68. The standard InChI is InChI=1S/C17H22O2/c1-11-9-12(3-5-15(11)18)13-7-8-17(2)14(10-13)4-6-16(17)19/h3,5,7,9,14,16,18-19H,4,6,8,10H2,1-2H3/t14?,16-,17-/m0/s1. The zero-order valence-electron chi connectivity index (χ0n) is 11.7. The average molecular weight is 258 g/mol. The second-order valence-corrected chi connectivity index (χ2v) is 6.43. The number of aliphatic hydroxyl groups is 1. The molecule has 19 heavy (non-hydrogen) atoms. The quantitative estimate of drug-likeness (QED) is 0.807. The molecule has 2 nitrogen and oxygen atoms in total. The van der Waals surface area contributed by atoms with Crippen molar-refractivity contribution >= 4 is 5.57 Å². The molecule has 0 aromatic heterocycles. The van der Waals surface area contributed by atoms with Crippen molar-refractivity contribution < 1.29 is 10.2 Å². The second-order valence-electron chi connectivity index (χ2n) is 6.43. The lowest BCUT2D eigenvalue weighted by Crippen LogP contribution is -2.34. The van der Waals surface area contributed by atoms with Crippen LogP contribution in [0.4, 0.5) is 0 Å². The van der Waals surface area contributed by atoms with E-state index >= 15 is 0 Å². The molecule has 2 N–H and O–H groups in total. The molecule has 0 spiro atoms. The summed E-state index contributed by atoms with van der Waals surface area (Å²) in [6, 6.07) is 5.85. The number of aromatic hydroxyl groups is 1. The molecule has 0 aliphatic heterocycles. The number of fused-ring (bicyclic) bond motifs is 1. The number of allylic oxidation sites excluding steroid dienone is 2. The van der Waals surface area contributed by atoms with Gasteiger partial charge in [0.25, 0.3) is 0 Å². The predicted molar refractivity (Wildman–Crippen MR) is 76.9 cm³/mol. The number of hydrogen-bond acceptors (Lipinski definition) is 2. The molecule has 3 rings (SSSR count). The highest BCUT2D eigenvalue weighted by atomic mass is 16.3. The van der Waals surface area contributed by atoms with E-state index in [1.165, 1.54) is 11.1 Å². The van der Waals surface area contributed by atoms with Crippen molar-refractivity contribution in [2.75, 3.05) is 0 Å². The third-order valence-corrected chi connectivity index (χ3v) is 5.30. The topological polar surface area (TPSA) is 40.5 Å². The number of hydrogen-bond donors (Lipinski definition) is 2. The Balaban J connectivity index is 1.90. The first-order valence-electron chi connectivity index (χ1n) is 7.18. The minimum Gasteiger partial charge on any atom is -0.508 e. The zero-order valence-corrected chi connectivity index (χ0v) is 11.7. The molecule has 0 saturated heterocycles. The molecule has 1 fully saturated rings. The van der Waals surface area contributed by atoms with Gasteiger partial charge in [0.1, 0.15) is 5.75 Å². The van der Waals surface area contributed by atoms with Gasteiger partial charge in [-0.15, -0.1) is 0 Å². The van der Waals surface area contributed by atoms with Crippen LogP contribution in [-0.2, 0) is 0 Å². The summed E-state index contributed by atoms with van der Waals surface area (Å²) in [7, 11) is 0. The smallest absolute Gasteiger partial charge is 0.118 e. The van der Waals surface area contributed by atoms with Crippen molar-refractivity contribution in [2.45, 2.75) is 45.6 Å². The molecule has 3 atom stereocenters. The maximum Gasteiger partial charge on any atom is 0.118 e. The van der Waals surface area contributed by atoms with Crippen LogP contribution in [0.25, 0.3) is 5.57 Å². The van der Waals surface area contributed by atoms with Crippen molar-refractivity contribution in [3.05, 3.63) is 35.4 Å². The van der Waals surface area contributed by atoms with E-state index in [4.69, 9.17) is 0 Å². The zero-order chi connectivity index (χ0) is 13.6. The van der Waals surface area contributed by atoms with Gasteiger partial charge >= 0.3 is 0 Å². The third kappa shape index (κ3) is 1.99. The van der Waals surface area contributed by atoms with Gasteiger partial charge in [0.2, 0.25) is 0 Å². The number of phenols is 1. The van der Waals surface area contributed by atoms with E-state index < -0.39 is 0 Å². The van der Waals surface area contributed by atoms with Gasteiger partial charge in [-0.3, -0.25) is 0 Å². The molecule has 2 aliphatic carbocycles. The van der Waals surface area contributed by atoms with E-state index in [9.17, 15) is 10.2 Å². The van der Waals surface area contributed by atoms with Gasteiger partial charge in [0, 0.05) is 5.41 Å². The summed E-state index contributed by atoms with van der Waals surface area (Å²) in [6.07, 6.45) is 6.24. The monoisotopic (exact) mass is 258 g/mol. The van der Waals surface area contributed by atoms with E-state index in [0.717, 1.165) is 31.2 Å². The van der Waals surface area contributed by atoms with Crippen LogP contribution < -0.4 is 0 Å². The summed E-state index contributed by atoms with van der Waals surface area (Å²) in [5.74, 6) is 0.956. The molecular weight excluding hydrogens is 236 g/mol. The first kappa shape index (κ1) is 12.7. The molecule has 1 aromatic carbocycles. The maximum absolute atomic E-state index is 10.2. The molecule has 2 heteroatoms. The SMILES string of the molecule is Cc1cc(C2=CC[C@@]3(C)C(CC[C@@H]3O)C2)ccc1O. The Morgan fingerprint density at radius 1 is 1.26 bits per heavy atom. The third-order valence-electron chi connectivity index (χ3n) is 5.30. The van der Waals surface area contributed by atoms with E-state index in [1.54, 1.807) is 6.07 Å². The Bertz CT molecular complexity index is 532. The molecule has 0 amide bonds. The maximum atomic E-state index is 10.2. The lowest BCUT2D eigenvalue weighted by molar-refractivity contribution is 0.0400. The fourth-order valence-electron chi connectivity index (χ4n) is 3.71.